The Bertz CT molecular complexity index is 519. The van der Waals surface area contributed by atoms with Crippen molar-refractivity contribution in [2.45, 2.75) is 39.2 Å². The van der Waals surface area contributed by atoms with Gasteiger partial charge in [-0.15, -0.1) is 0 Å². The smallest absolute Gasteiger partial charge is 0.412 e. The number of amides is 1. The van der Waals surface area contributed by atoms with E-state index >= 15 is 0 Å². The monoisotopic (exact) mass is 281 g/mol. The Morgan fingerprint density at radius 3 is 2.40 bits per heavy atom. The fourth-order valence-electron chi connectivity index (χ4n) is 1.53. The van der Waals surface area contributed by atoms with Crippen LogP contribution in [0.15, 0.2) is 18.2 Å². The van der Waals surface area contributed by atoms with E-state index < -0.39 is 23.6 Å². The molecule has 0 aliphatic carbocycles. The van der Waals surface area contributed by atoms with Crippen molar-refractivity contribution >= 4 is 17.7 Å². The lowest BCUT2D eigenvalue weighted by atomic mass is 10.00. The molecule has 0 bridgehead atoms. The predicted octanol–water partition coefficient (Wildman–Crippen LogP) is 2.93. The number of anilines is 1. The number of aromatic hydroxyl groups is 1. The van der Waals surface area contributed by atoms with Gasteiger partial charge in [0.05, 0.1) is 5.92 Å². The Balaban J connectivity index is 2.91. The fourth-order valence-corrected chi connectivity index (χ4v) is 1.53. The summed E-state index contributed by atoms with van der Waals surface area (Å²) < 4.78 is 5.09. The third-order valence-corrected chi connectivity index (χ3v) is 2.51. The van der Waals surface area contributed by atoms with E-state index in [9.17, 15) is 14.7 Å². The number of ether oxygens (including phenoxy) is 1. The molecule has 1 atom stereocenters. The van der Waals surface area contributed by atoms with Gasteiger partial charge < -0.3 is 14.9 Å². The summed E-state index contributed by atoms with van der Waals surface area (Å²) in [6, 6.07) is 4.22. The maximum atomic E-state index is 11.6. The van der Waals surface area contributed by atoms with E-state index in [1.54, 1.807) is 20.8 Å². The minimum atomic E-state index is -1.06. The molecule has 1 unspecified atom stereocenters. The fraction of sp³-hybridized carbons (Fsp3) is 0.429. The number of carbonyl (C=O) groups is 2. The van der Waals surface area contributed by atoms with Gasteiger partial charge in [-0.3, -0.25) is 10.1 Å². The van der Waals surface area contributed by atoms with Crippen LogP contribution in [0, 0.1) is 0 Å². The SMILES string of the molecule is CC(C(=O)O)c1cc(NC(=O)OC(C)(C)C)ccc1O. The quantitative estimate of drug-likeness (QED) is 0.740. The second-order valence-corrected chi connectivity index (χ2v) is 5.46. The van der Waals surface area contributed by atoms with Gasteiger partial charge in [0.2, 0.25) is 0 Å². The van der Waals surface area contributed by atoms with Gasteiger partial charge in [-0.2, -0.15) is 0 Å². The highest BCUT2D eigenvalue weighted by molar-refractivity contribution is 5.86. The Morgan fingerprint density at radius 2 is 1.90 bits per heavy atom. The van der Waals surface area contributed by atoms with Gasteiger partial charge in [0.1, 0.15) is 11.4 Å². The van der Waals surface area contributed by atoms with Crippen LogP contribution in [0.5, 0.6) is 5.75 Å². The molecule has 0 aromatic heterocycles. The van der Waals surface area contributed by atoms with Gasteiger partial charge >= 0.3 is 12.1 Å². The molecule has 1 rings (SSSR count). The van der Waals surface area contributed by atoms with Gasteiger partial charge in [0.15, 0.2) is 0 Å². The van der Waals surface area contributed by atoms with E-state index in [0.29, 0.717) is 5.69 Å². The molecule has 0 aliphatic heterocycles. The average Bonchev–Trinajstić information content (AvgIpc) is 2.28. The van der Waals surface area contributed by atoms with Crippen molar-refractivity contribution in [2.24, 2.45) is 0 Å². The van der Waals surface area contributed by atoms with Crippen LogP contribution in [0.2, 0.25) is 0 Å². The van der Waals surface area contributed by atoms with E-state index in [1.807, 2.05) is 0 Å². The molecule has 0 saturated carbocycles. The predicted molar refractivity (Wildman–Crippen MR) is 74.0 cm³/mol. The molecule has 110 valence electrons. The lowest BCUT2D eigenvalue weighted by Crippen LogP contribution is -2.27. The van der Waals surface area contributed by atoms with Crippen molar-refractivity contribution in [3.05, 3.63) is 23.8 Å². The maximum absolute atomic E-state index is 11.6. The first kappa shape index (κ1) is 15.8. The van der Waals surface area contributed by atoms with Gasteiger partial charge in [0, 0.05) is 11.3 Å². The van der Waals surface area contributed by atoms with E-state index in [4.69, 9.17) is 9.84 Å². The number of phenols is 1. The first-order valence-corrected chi connectivity index (χ1v) is 6.16. The minimum Gasteiger partial charge on any atom is -0.508 e. The van der Waals surface area contributed by atoms with Crippen molar-refractivity contribution in [3.63, 3.8) is 0 Å². The lowest BCUT2D eigenvalue weighted by molar-refractivity contribution is -0.138. The van der Waals surface area contributed by atoms with E-state index in [0.717, 1.165) is 0 Å². The molecule has 6 nitrogen and oxygen atoms in total. The molecular formula is C14H19NO5. The first-order chi connectivity index (χ1) is 9.10. The highest BCUT2D eigenvalue weighted by Gasteiger charge is 2.20. The number of aliphatic carboxylic acids is 1. The highest BCUT2D eigenvalue weighted by atomic mass is 16.6. The number of carbonyl (C=O) groups excluding carboxylic acids is 1. The zero-order valence-electron chi connectivity index (χ0n) is 11.9. The molecule has 1 amide bonds. The normalized spacial score (nSPS) is 12.6. The Labute approximate surface area is 117 Å². The number of phenolic OH excluding ortho intramolecular Hbond substituents is 1. The van der Waals surface area contributed by atoms with Crippen LogP contribution in [0.1, 0.15) is 39.2 Å². The van der Waals surface area contributed by atoms with Crippen LogP contribution in [0.4, 0.5) is 10.5 Å². The van der Waals surface area contributed by atoms with Crippen molar-refractivity contribution in [1.82, 2.24) is 0 Å². The Hall–Kier alpha value is -2.24. The van der Waals surface area contributed by atoms with Crippen LogP contribution in [0.3, 0.4) is 0 Å². The van der Waals surface area contributed by atoms with Crippen LogP contribution in [-0.4, -0.2) is 27.9 Å². The summed E-state index contributed by atoms with van der Waals surface area (Å²) in [5.74, 6) is -2.07. The number of nitrogens with one attached hydrogen (secondary N) is 1. The third-order valence-electron chi connectivity index (χ3n) is 2.51. The molecule has 0 fully saturated rings. The van der Waals surface area contributed by atoms with Crippen molar-refractivity contribution < 1.29 is 24.5 Å². The molecular weight excluding hydrogens is 262 g/mol. The largest absolute Gasteiger partial charge is 0.508 e. The molecule has 6 heteroatoms. The zero-order chi connectivity index (χ0) is 15.5. The summed E-state index contributed by atoms with van der Waals surface area (Å²) in [5, 5.41) is 21.1. The van der Waals surface area contributed by atoms with E-state index in [2.05, 4.69) is 5.32 Å². The standard InChI is InChI=1S/C14H19NO5/c1-8(12(17)18)10-7-9(5-6-11(10)16)15-13(19)20-14(2,3)4/h5-8,16H,1-4H3,(H,15,19)(H,17,18). The Kier molecular flexibility index (Phi) is 4.60. The molecule has 20 heavy (non-hydrogen) atoms. The number of hydrogen-bond acceptors (Lipinski definition) is 4. The van der Waals surface area contributed by atoms with E-state index in [1.165, 1.54) is 25.1 Å². The van der Waals surface area contributed by atoms with Crippen LogP contribution < -0.4 is 5.32 Å². The summed E-state index contributed by atoms with van der Waals surface area (Å²) in [7, 11) is 0. The molecule has 0 aliphatic rings. The van der Waals surface area contributed by atoms with E-state index in [-0.39, 0.29) is 11.3 Å². The average molecular weight is 281 g/mol. The molecule has 0 saturated heterocycles. The van der Waals surface area contributed by atoms with Gasteiger partial charge in [0.25, 0.3) is 0 Å². The summed E-state index contributed by atoms with van der Waals surface area (Å²) >= 11 is 0. The number of hydrogen-bond donors (Lipinski definition) is 3. The van der Waals surface area contributed by atoms with Crippen LogP contribution in [-0.2, 0) is 9.53 Å². The highest BCUT2D eigenvalue weighted by Crippen LogP contribution is 2.29. The second-order valence-electron chi connectivity index (χ2n) is 5.46. The molecule has 1 aromatic rings. The van der Waals surface area contributed by atoms with Crippen LogP contribution in [0.25, 0.3) is 0 Å². The topological polar surface area (TPSA) is 95.9 Å². The number of carboxylic acid groups (broad SMARTS) is 1. The molecule has 3 N–H and O–H groups in total. The van der Waals surface area contributed by atoms with Crippen molar-refractivity contribution in [3.8, 4) is 5.75 Å². The van der Waals surface area contributed by atoms with Crippen molar-refractivity contribution in [2.75, 3.05) is 5.32 Å². The third kappa shape index (κ3) is 4.46. The summed E-state index contributed by atoms with van der Waals surface area (Å²) in [6.45, 7) is 6.67. The van der Waals surface area contributed by atoms with Crippen LogP contribution >= 0.6 is 0 Å². The van der Waals surface area contributed by atoms with Crippen molar-refractivity contribution in [1.29, 1.82) is 0 Å². The number of rotatable bonds is 3. The zero-order valence-corrected chi connectivity index (χ0v) is 11.9. The van der Waals surface area contributed by atoms with Gasteiger partial charge in [-0.25, -0.2) is 4.79 Å². The summed E-state index contributed by atoms with van der Waals surface area (Å²) in [6.07, 6.45) is -0.642. The molecule has 0 radical (unpaired) electrons. The summed E-state index contributed by atoms with van der Waals surface area (Å²) in [5.41, 5.74) is -0.0377. The maximum Gasteiger partial charge on any atom is 0.412 e. The Morgan fingerprint density at radius 1 is 1.30 bits per heavy atom. The summed E-state index contributed by atoms with van der Waals surface area (Å²) in [4.78, 5) is 22.6. The lowest BCUT2D eigenvalue weighted by Gasteiger charge is -2.20. The van der Waals surface area contributed by atoms with Gasteiger partial charge in [-0.05, 0) is 45.9 Å². The number of benzene rings is 1. The van der Waals surface area contributed by atoms with Gasteiger partial charge in [-0.1, -0.05) is 0 Å². The minimum absolute atomic E-state index is 0.130. The molecule has 1 aromatic carbocycles. The molecule has 0 heterocycles. The second kappa shape index (κ2) is 5.81. The molecule has 0 spiro atoms. The number of carboxylic acids is 1. The first-order valence-electron chi connectivity index (χ1n) is 6.16.